The van der Waals surface area contributed by atoms with Crippen molar-refractivity contribution in [1.29, 1.82) is 0 Å². The molecule has 0 aliphatic rings. The number of esters is 1. The van der Waals surface area contributed by atoms with E-state index in [4.69, 9.17) is 15.0 Å². The van der Waals surface area contributed by atoms with Crippen LogP contribution in [0.4, 0.5) is 0 Å². The van der Waals surface area contributed by atoms with Crippen LogP contribution in [0.25, 0.3) is 10.4 Å². The lowest BCUT2D eigenvalue weighted by Gasteiger charge is -2.07. The van der Waals surface area contributed by atoms with Gasteiger partial charge in [0.1, 0.15) is 11.5 Å². The van der Waals surface area contributed by atoms with Gasteiger partial charge >= 0.3 is 5.97 Å². The molecule has 2 rings (SSSR count). The Labute approximate surface area is 149 Å². The molecule has 0 N–H and O–H groups in total. The van der Waals surface area contributed by atoms with Gasteiger partial charge in [0.2, 0.25) is 7.66 Å². The minimum absolute atomic E-state index is 0.0366. The number of nitrogens with zero attached hydrogens (tertiary/aromatic N) is 3. The Hall–Kier alpha value is -2.53. The summed E-state index contributed by atoms with van der Waals surface area (Å²) in [6.07, 6.45) is 0. The summed E-state index contributed by atoms with van der Waals surface area (Å²) in [5, 5.41) is 3.37. The quantitative estimate of drug-likeness (QED) is 0.116. The average Bonchev–Trinajstić information content (AvgIpc) is 2.65. The van der Waals surface area contributed by atoms with Crippen molar-refractivity contribution in [2.24, 2.45) is 5.11 Å². The normalized spacial score (nSPS) is 10.1. The molecule has 2 aromatic carbocycles. The van der Waals surface area contributed by atoms with Gasteiger partial charge in [0.25, 0.3) is 0 Å². The molecule has 0 bridgehead atoms. The van der Waals surface area contributed by atoms with E-state index in [2.05, 4.69) is 10.0 Å². The smallest absolute Gasteiger partial charge is 0.343 e. The number of carbonyl (C=O) groups excluding carboxylic acids is 1. The predicted molar refractivity (Wildman–Crippen MR) is 96.3 cm³/mol. The zero-order valence-corrected chi connectivity index (χ0v) is 14.8. The van der Waals surface area contributed by atoms with Crippen LogP contribution in [0.15, 0.2) is 53.6 Å². The first-order valence-corrected chi connectivity index (χ1v) is 9.62. The molecule has 0 amide bonds. The first kappa shape index (κ1) is 18.8. The summed E-state index contributed by atoms with van der Waals surface area (Å²) in [4.78, 5) is 14.7. The Bertz CT molecular complexity index is 762. The lowest BCUT2D eigenvalue weighted by Crippen LogP contribution is -2.08. The second-order valence-corrected chi connectivity index (χ2v) is 6.63. The van der Waals surface area contributed by atoms with E-state index in [-0.39, 0.29) is 20.8 Å². The lowest BCUT2D eigenvalue weighted by molar-refractivity contribution is 0.0734. The molecule has 7 nitrogen and oxygen atoms in total. The fourth-order valence-electron chi connectivity index (χ4n) is 1.86. The van der Waals surface area contributed by atoms with Gasteiger partial charge in [-0.05, 0) is 47.5 Å². The van der Waals surface area contributed by atoms with E-state index < -0.39 is 5.97 Å². The Morgan fingerprint density at radius 1 is 1.12 bits per heavy atom. The van der Waals surface area contributed by atoms with Crippen molar-refractivity contribution in [3.05, 3.63) is 70.1 Å². The van der Waals surface area contributed by atoms with Gasteiger partial charge in [0.05, 0.1) is 18.7 Å². The van der Waals surface area contributed by atoms with Crippen LogP contribution in [0.1, 0.15) is 15.9 Å². The summed E-state index contributed by atoms with van der Waals surface area (Å²) in [6.45, 7) is 0.507. The SMILES string of the molecule is [N-]=[N+]=NCCOc1ccc(C(=O)Oc2ccc(CSP=O)cc2)cc1. The van der Waals surface area contributed by atoms with Crippen LogP contribution in [0.5, 0.6) is 11.5 Å². The van der Waals surface area contributed by atoms with Crippen molar-refractivity contribution in [3.8, 4) is 11.5 Å². The third-order valence-electron chi connectivity index (χ3n) is 3.03. The van der Waals surface area contributed by atoms with E-state index in [0.29, 0.717) is 22.8 Å². The molecule has 0 spiro atoms. The number of azide groups is 1. The average molecular weight is 375 g/mol. The van der Waals surface area contributed by atoms with Gasteiger partial charge < -0.3 is 9.47 Å². The molecule has 25 heavy (non-hydrogen) atoms. The highest BCUT2D eigenvalue weighted by molar-refractivity contribution is 8.45. The van der Waals surface area contributed by atoms with Gasteiger partial charge in [-0.15, -0.1) is 0 Å². The number of rotatable bonds is 9. The molecule has 128 valence electrons. The highest BCUT2D eigenvalue weighted by atomic mass is 32.7. The zero-order valence-electron chi connectivity index (χ0n) is 13.1. The number of carbonyl (C=O) groups is 1. The molecule has 0 heterocycles. The van der Waals surface area contributed by atoms with Gasteiger partial charge in [0, 0.05) is 10.7 Å². The van der Waals surface area contributed by atoms with Crippen LogP contribution in [0.3, 0.4) is 0 Å². The fraction of sp³-hybridized carbons (Fsp3) is 0.188. The Balaban J connectivity index is 1.89. The van der Waals surface area contributed by atoms with Crippen molar-refractivity contribution >= 4 is 25.0 Å². The molecule has 0 saturated heterocycles. The second kappa shape index (κ2) is 10.4. The van der Waals surface area contributed by atoms with Crippen LogP contribution in [-0.2, 0) is 10.3 Å². The third-order valence-corrected chi connectivity index (χ3v) is 4.30. The number of hydrogen-bond donors (Lipinski definition) is 0. The second-order valence-electron chi connectivity index (χ2n) is 4.71. The van der Waals surface area contributed by atoms with Gasteiger partial charge in [-0.2, -0.15) is 0 Å². The maximum Gasteiger partial charge on any atom is 0.343 e. The van der Waals surface area contributed by atoms with Gasteiger partial charge in [-0.1, -0.05) is 28.6 Å². The minimum atomic E-state index is -0.471. The molecule has 0 saturated carbocycles. The molecule has 0 aromatic heterocycles. The zero-order chi connectivity index (χ0) is 17.9. The monoisotopic (exact) mass is 375 g/mol. The van der Waals surface area contributed by atoms with E-state index in [0.717, 1.165) is 5.56 Å². The van der Waals surface area contributed by atoms with E-state index in [1.165, 1.54) is 11.4 Å². The van der Waals surface area contributed by atoms with E-state index in [9.17, 15) is 9.36 Å². The lowest BCUT2D eigenvalue weighted by atomic mass is 10.2. The maximum atomic E-state index is 12.1. The third kappa shape index (κ3) is 6.47. The van der Waals surface area contributed by atoms with Crippen LogP contribution < -0.4 is 9.47 Å². The molecule has 0 aliphatic carbocycles. The molecule has 9 heteroatoms. The summed E-state index contributed by atoms with van der Waals surface area (Å²) >= 11 is 1.26. The first-order valence-electron chi connectivity index (χ1n) is 7.22. The largest absolute Gasteiger partial charge is 0.493 e. The molecule has 2 aromatic rings. The summed E-state index contributed by atoms with van der Waals surface area (Å²) in [5.74, 6) is 1.17. The highest BCUT2D eigenvalue weighted by Gasteiger charge is 2.09. The van der Waals surface area contributed by atoms with Gasteiger partial charge in [-0.25, -0.2) is 4.79 Å². The topological polar surface area (TPSA) is 101 Å². The standard InChI is InChI=1S/C16H14N3O4PS/c17-19-18-9-10-22-14-7-3-13(4-8-14)16(20)23-15-5-1-12(2-6-15)11-25-24-21/h1-8H,9-11H2. The Kier molecular flexibility index (Phi) is 7.79. The number of hydrogen-bond acceptors (Lipinski definition) is 6. The van der Waals surface area contributed by atoms with Crippen LogP contribution >= 0.6 is 19.0 Å². The molecule has 0 unspecified atom stereocenters. The van der Waals surface area contributed by atoms with Crippen molar-refractivity contribution in [1.82, 2.24) is 0 Å². The molecular formula is C16H14N3O4PS. The maximum absolute atomic E-state index is 12.1. The summed E-state index contributed by atoms with van der Waals surface area (Å²) in [5.41, 5.74) is 9.56. The summed E-state index contributed by atoms with van der Waals surface area (Å²) in [6, 6.07) is 13.5. The minimum Gasteiger partial charge on any atom is -0.493 e. The summed E-state index contributed by atoms with van der Waals surface area (Å²) in [7, 11) is 0.0366. The number of benzene rings is 2. The molecular weight excluding hydrogens is 361 g/mol. The van der Waals surface area contributed by atoms with Crippen LogP contribution in [-0.4, -0.2) is 19.1 Å². The predicted octanol–water partition coefficient (Wildman–Crippen LogP) is 5.03. The molecule has 0 fully saturated rings. The van der Waals surface area contributed by atoms with Crippen molar-refractivity contribution < 1.29 is 18.8 Å². The summed E-state index contributed by atoms with van der Waals surface area (Å²) < 4.78 is 21.1. The number of ether oxygens (including phenoxy) is 2. The fourth-order valence-corrected chi connectivity index (χ4v) is 2.86. The van der Waals surface area contributed by atoms with Crippen LogP contribution in [0, 0.1) is 0 Å². The molecule has 0 radical (unpaired) electrons. The van der Waals surface area contributed by atoms with Gasteiger partial charge in [0.15, 0.2) is 0 Å². The Morgan fingerprint density at radius 3 is 2.44 bits per heavy atom. The van der Waals surface area contributed by atoms with Crippen molar-refractivity contribution in [2.45, 2.75) is 5.75 Å². The van der Waals surface area contributed by atoms with Crippen molar-refractivity contribution in [3.63, 3.8) is 0 Å². The Morgan fingerprint density at radius 2 is 1.80 bits per heavy atom. The van der Waals surface area contributed by atoms with Gasteiger partial charge in [-0.3, -0.25) is 4.57 Å². The van der Waals surface area contributed by atoms with Crippen molar-refractivity contribution in [2.75, 3.05) is 13.2 Å². The molecule has 0 aliphatic heterocycles. The molecule has 0 atom stereocenters. The van der Waals surface area contributed by atoms with E-state index in [1.807, 2.05) is 12.1 Å². The van der Waals surface area contributed by atoms with E-state index in [1.54, 1.807) is 36.4 Å². The highest BCUT2D eigenvalue weighted by Crippen LogP contribution is 2.24. The van der Waals surface area contributed by atoms with E-state index >= 15 is 0 Å². The van der Waals surface area contributed by atoms with Crippen LogP contribution in [0.2, 0.25) is 0 Å². The first-order chi connectivity index (χ1) is 12.2.